The van der Waals surface area contributed by atoms with E-state index < -0.39 is 15.3 Å². The first kappa shape index (κ1) is 10.9. The standard InChI is InChI=1S/C8H17NO3S/c1-6-3-8(6)4-9-13(11,12)7(2)5-10/h6-10H,3-5H2,1-2H3. The number of sulfonamides is 1. The summed E-state index contributed by atoms with van der Waals surface area (Å²) in [4.78, 5) is 0. The molecule has 5 heteroatoms. The molecule has 0 aromatic carbocycles. The van der Waals surface area contributed by atoms with Crippen molar-refractivity contribution in [1.82, 2.24) is 4.72 Å². The van der Waals surface area contributed by atoms with E-state index in [4.69, 9.17) is 5.11 Å². The molecule has 0 aromatic rings. The maximum Gasteiger partial charge on any atom is 0.216 e. The lowest BCUT2D eigenvalue weighted by Crippen LogP contribution is -2.35. The van der Waals surface area contributed by atoms with Crippen molar-refractivity contribution in [2.24, 2.45) is 11.8 Å². The minimum Gasteiger partial charge on any atom is -0.395 e. The van der Waals surface area contributed by atoms with Crippen LogP contribution in [0, 0.1) is 11.8 Å². The Morgan fingerprint density at radius 2 is 2.15 bits per heavy atom. The number of hydrogen-bond acceptors (Lipinski definition) is 3. The summed E-state index contributed by atoms with van der Waals surface area (Å²) in [6.45, 7) is 3.80. The average molecular weight is 207 g/mol. The van der Waals surface area contributed by atoms with E-state index in [2.05, 4.69) is 11.6 Å². The van der Waals surface area contributed by atoms with Gasteiger partial charge in [-0.25, -0.2) is 13.1 Å². The zero-order chi connectivity index (χ0) is 10.1. The van der Waals surface area contributed by atoms with Crippen LogP contribution in [-0.2, 0) is 10.0 Å². The largest absolute Gasteiger partial charge is 0.395 e. The third kappa shape index (κ3) is 2.93. The van der Waals surface area contributed by atoms with Crippen LogP contribution in [0.25, 0.3) is 0 Å². The van der Waals surface area contributed by atoms with Crippen molar-refractivity contribution >= 4 is 10.0 Å². The molecule has 0 heterocycles. The van der Waals surface area contributed by atoms with Crippen molar-refractivity contribution in [2.75, 3.05) is 13.2 Å². The van der Waals surface area contributed by atoms with Gasteiger partial charge in [0.1, 0.15) is 0 Å². The van der Waals surface area contributed by atoms with Crippen molar-refractivity contribution in [3.8, 4) is 0 Å². The van der Waals surface area contributed by atoms with Gasteiger partial charge < -0.3 is 5.11 Å². The normalized spacial score (nSPS) is 30.1. The summed E-state index contributed by atoms with van der Waals surface area (Å²) in [5.41, 5.74) is 0. The number of aliphatic hydroxyl groups is 1. The van der Waals surface area contributed by atoms with Gasteiger partial charge >= 0.3 is 0 Å². The monoisotopic (exact) mass is 207 g/mol. The first-order valence-corrected chi connectivity index (χ1v) is 6.11. The van der Waals surface area contributed by atoms with Crippen LogP contribution < -0.4 is 4.72 Å². The SMILES string of the molecule is CC1CC1CNS(=O)(=O)C(C)CO. The fraction of sp³-hybridized carbons (Fsp3) is 1.00. The Balaban J connectivity index is 2.34. The van der Waals surface area contributed by atoms with Gasteiger partial charge in [-0.3, -0.25) is 0 Å². The van der Waals surface area contributed by atoms with Crippen LogP contribution in [-0.4, -0.2) is 31.9 Å². The highest BCUT2D eigenvalue weighted by Gasteiger charge is 2.33. The summed E-state index contributed by atoms with van der Waals surface area (Å²) in [6, 6.07) is 0. The molecule has 2 N–H and O–H groups in total. The second-order valence-corrected chi connectivity index (χ2v) is 6.04. The smallest absolute Gasteiger partial charge is 0.216 e. The second kappa shape index (κ2) is 3.94. The molecule has 0 spiro atoms. The van der Waals surface area contributed by atoms with Crippen LogP contribution in [0.4, 0.5) is 0 Å². The van der Waals surface area contributed by atoms with Crippen molar-refractivity contribution in [2.45, 2.75) is 25.5 Å². The minimum atomic E-state index is -3.29. The van der Waals surface area contributed by atoms with Crippen LogP contribution in [0.2, 0.25) is 0 Å². The van der Waals surface area contributed by atoms with Gasteiger partial charge in [-0.2, -0.15) is 0 Å². The molecule has 3 atom stereocenters. The van der Waals surface area contributed by atoms with E-state index >= 15 is 0 Å². The maximum absolute atomic E-state index is 11.3. The zero-order valence-corrected chi connectivity index (χ0v) is 8.84. The lowest BCUT2D eigenvalue weighted by molar-refractivity contribution is 0.294. The molecule has 1 saturated carbocycles. The van der Waals surface area contributed by atoms with Crippen molar-refractivity contribution in [3.63, 3.8) is 0 Å². The number of hydrogen-bond donors (Lipinski definition) is 2. The molecular formula is C8H17NO3S. The topological polar surface area (TPSA) is 66.4 Å². The van der Waals surface area contributed by atoms with Crippen LogP contribution in [0.5, 0.6) is 0 Å². The summed E-state index contributed by atoms with van der Waals surface area (Å²) >= 11 is 0. The Morgan fingerprint density at radius 3 is 2.54 bits per heavy atom. The van der Waals surface area contributed by atoms with Crippen LogP contribution in [0.15, 0.2) is 0 Å². The number of nitrogens with one attached hydrogen (secondary N) is 1. The third-order valence-corrected chi connectivity index (χ3v) is 4.39. The lowest BCUT2D eigenvalue weighted by Gasteiger charge is -2.10. The van der Waals surface area contributed by atoms with E-state index in [-0.39, 0.29) is 6.61 Å². The highest BCUT2D eigenvalue weighted by Crippen LogP contribution is 2.36. The van der Waals surface area contributed by atoms with Crippen molar-refractivity contribution in [1.29, 1.82) is 0 Å². The molecule has 0 saturated heterocycles. The predicted octanol–water partition coefficient (Wildman–Crippen LogP) is -0.0574. The molecule has 0 aliphatic heterocycles. The van der Waals surface area contributed by atoms with E-state index in [0.29, 0.717) is 18.4 Å². The van der Waals surface area contributed by atoms with Crippen LogP contribution in [0.3, 0.4) is 0 Å². The van der Waals surface area contributed by atoms with Gasteiger partial charge in [0.2, 0.25) is 10.0 Å². The Kier molecular flexibility index (Phi) is 3.32. The van der Waals surface area contributed by atoms with E-state index in [1.54, 1.807) is 0 Å². The molecule has 1 rings (SSSR count). The van der Waals surface area contributed by atoms with Gasteiger partial charge in [0.05, 0.1) is 11.9 Å². The van der Waals surface area contributed by atoms with Crippen molar-refractivity contribution < 1.29 is 13.5 Å². The fourth-order valence-electron chi connectivity index (χ4n) is 1.15. The van der Waals surface area contributed by atoms with Gasteiger partial charge in [0.15, 0.2) is 0 Å². The molecule has 0 aromatic heterocycles. The first-order chi connectivity index (χ1) is 5.97. The zero-order valence-electron chi connectivity index (χ0n) is 8.03. The number of rotatable bonds is 5. The highest BCUT2D eigenvalue weighted by atomic mass is 32.2. The summed E-state index contributed by atoms with van der Waals surface area (Å²) in [6.07, 6.45) is 1.11. The van der Waals surface area contributed by atoms with E-state index in [1.165, 1.54) is 6.92 Å². The highest BCUT2D eigenvalue weighted by molar-refractivity contribution is 7.90. The molecule has 1 fully saturated rings. The fourth-order valence-corrected chi connectivity index (χ4v) is 2.07. The molecule has 0 amide bonds. The Bertz CT molecular complexity index is 263. The second-order valence-electron chi connectivity index (χ2n) is 3.86. The quantitative estimate of drug-likeness (QED) is 0.664. The van der Waals surface area contributed by atoms with Crippen molar-refractivity contribution in [3.05, 3.63) is 0 Å². The van der Waals surface area contributed by atoms with Gasteiger partial charge in [0.25, 0.3) is 0 Å². The third-order valence-electron chi connectivity index (χ3n) is 2.61. The first-order valence-electron chi connectivity index (χ1n) is 4.56. The molecule has 4 nitrogen and oxygen atoms in total. The predicted molar refractivity (Wildman–Crippen MR) is 50.7 cm³/mol. The molecular weight excluding hydrogens is 190 g/mol. The molecule has 78 valence electrons. The van der Waals surface area contributed by atoms with E-state index in [0.717, 1.165) is 6.42 Å². The van der Waals surface area contributed by atoms with E-state index in [9.17, 15) is 8.42 Å². The molecule has 0 radical (unpaired) electrons. The van der Waals surface area contributed by atoms with Gasteiger partial charge in [-0.05, 0) is 25.2 Å². The molecule has 1 aliphatic rings. The van der Waals surface area contributed by atoms with Gasteiger partial charge in [-0.1, -0.05) is 6.92 Å². The van der Waals surface area contributed by atoms with Gasteiger partial charge in [0, 0.05) is 6.54 Å². The number of aliphatic hydroxyl groups excluding tert-OH is 1. The Morgan fingerprint density at radius 1 is 1.62 bits per heavy atom. The summed E-state index contributed by atoms with van der Waals surface area (Å²) in [7, 11) is -3.29. The average Bonchev–Trinajstić information content (AvgIpc) is 2.77. The summed E-state index contributed by atoms with van der Waals surface area (Å²) in [5.74, 6) is 1.15. The molecule has 0 bridgehead atoms. The Labute approximate surface area is 79.4 Å². The summed E-state index contributed by atoms with van der Waals surface area (Å²) in [5, 5.41) is 7.98. The Hall–Kier alpha value is -0.130. The van der Waals surface area contributed by atoms with Gasteiger partial charge in [-0.15, -0.1) is 0 Å². The van der Waals surface area contributed by atoms with Crippen LogP contribution in [0.1, 0.15) is 20.3 Å². The molecule has 3 unspecified atom stereocenters. The maximum atomic E-state index is 11.3. The molecule has 1 aliphatic carbocycles. The minimum absolute atomic E-state index is 0.324. The van der Waals surface area contributed by atoms with Crippen LogP contribution >= 0.6 is 0 Å². The lowest BCUT2D eigenvalue weighted by atomic mass is 10.3. The molecule has 13 heavy (non-hydrogen) atoms. The van der Waals surface area contributed by atoms with E-state index in [1.807, 2.05) is 0 Å². The summed E-state index contributed by atoms with van der Waals surface area (Å²) < 4.78 is 25.2.